The van der Waals surface area contributed by atoms with Gasteiger partial charge in [-0.2, -0.15) is 5.26 Å². The van der Waals surface area contributed by atoms with E-state index in [1.165, 1.54) is 23.3 Å². The first-order chi connectivity index (χ1) is 13.8. The molecule has 0 saturated carbocycles. The summed E-state index contributed by atoms with van der Waals surface area (Å²) in [7, 11) is 0. The molecule has 0 radical (unpaired) electrons. The molecule has 1 fully saturated rings. The number of esters is 1. The number of rotatable bonds is 5. The van der Waals surface area contributed by atoms with E-state index < -0.39 is 41.2 Å². The van der Waals surface area contributed by atoms with Crippen molar-refractivity contribution >= 4 is 29.4 Å². The maximum absolute atomic E-state index is 13.1. The summed E-state index contributed by atoms with van der Waals surface area (Å²) in [5, 5.41) is 10.6. The van der Waals surface area contributed by atoms with Crippen LogP contribution in [0.4, 0.5) is 0 Å². The van der Waals surface area contributed by atoms with Gasteiger partial charge in [0.05, 0.1) is 24.3 Å². The summed E-state index contributed by atoms with van der Waals surface area (Å²) < 4.78 is 5.23. The number of carbonyl (C=O) groups is 3. The lowest BCUT2D eigenvalue weighted by Crippen LogP contribution is -2.45. The predicted octanol–water partition coefficient (Wildman–Crippen LogP) is 0.974. The number of amides is 2. The largest absolute Gasteiger partial charge is 0.465 e. The normalized spacial score (nSPS) is 27.6. The number of nitrogens with zero attached hydrogens (tertiary/aromatic N) is 2. The van der Waals surface area contributed by atoms with Crippen molar-refractivity contribution in [2.45, 2.75) is 24.9 Å². The lowest BCUT2D eigenvalue weighted by Gasteiger charge is -2.32. The highest BCUT2D eigenvalue weighted by molar-refractivity contribution is 6.30. The molecule has 2 aliphatic heterocycles. The molecule has 2 heterocycles. The highest BCUT2D eigenvalue weighted by Gasteiger charge is 2.66. The number of primary amides is 2. The highest BCUT2D eigenvalue weighted by atomic mass is 35.5. The van der Waals surface area contributed by atoms with Gasteiger partial charge >= 0.3 is 5.97 Å². The van der Waals surface area contributed by atoms with Crippen molar-refractivity contribution in [3.63, 3.8) is 0 Å². The first-order valence-corrected chi connectivity index (χ1v) is 9.26. The van der Waals surface area contributed by atoms with Gasteiger partial charge in [-0.1, -0.05) is 29.8 Å². The molecule has 1 aromatic carbocycles. The molecule has 0 bridgehead atoms. The number of benzene rings is 1. The van der Waals surface area contributed by atoms with Gasteiger partial charge in [0, 0.05) is 17.1 Å². The Balaban J connectivity index is 2.30. The van der Waals surface area contributed by atoms with Crippen molar-refractivity contribution < 1.29 is 19.1 Å². The molecule has 2 aliphatic rings. The first kappa shape index (κ1) is 20.4. The lowest BCUT2D eigenvalue weighted by atomic mass is 9.68. The maximum Gasteiger partial charge on any atom is 0.329 e. The second-order valence-electron chi connectivity index (χ2n) is 6.78. The van der Waals surface area contributed by atoms with Crippen molar-refractivity contribution in [1.29, 1.82) is 5.26 Å². The van der Waals surface area contributed by atoms with E-state index in [0.29, 0.717) is 10.6 Å². The molecular formula is C20H19ClN4O4. The average Bonchev–Trinajstić information content (AvgIpc) is 2.99. The lowest BCUT2D eigenvalue weighted by molar-refractivity contribution is -0.153. The van der Waals surface area contributed by atoms with Gasteiger partial charge in [-0.25, -0.2) is 0 Å². The van der Waals surface area contributed by atoms with E-state index in [2.05, 4.69) is 6.07 Å². The fraction of sp³-hybridized carbons (Fsp3) is 0.300. The number of halogens is 1. The highest BCUT2D eigenvalue weighted by Crippen LogP contribution is 2.53. The summed E-state index contributed by atoms with van der Waals surface area (Å²) in [6, 6.07) is 6.62. The average molecular weight is 415 g/mol. The SMILES string of the molecule is CCOC(=O)[C@]1(C#N)[C@H](c2cccc(Cl)c2)[C@H](C(N)=O)N2C=C(C(N)=O)C=C[C@H]21. The minimum absolute atomic E-state index is 0.0462. The van der Waals surface area contributed by atoms with Gasteiger partial charge in [0.2, 0.25) is 11.8 Å². The molecule has 2 amide bonds. The minimum atomic E-state index is -1.80. The van der Waals surface area contributed by atoms with E-state index >= 15 is 0 Å². The van der Waals surface area contributed by atoms with Crippen LogP contribution >= 0.6 is 11.6 Å². The summed E-state index contributed by atoms with van der Waals surface area (Å²) in [5.41, 5.74) is 9.87. The quantitative estimate of drug-likeness (QED) is 0.688. The second kappa shape index (κ2) is 7.60. The van der Waals surface area contributed by atoms with Gasteiger partial charge in [-0.05, 0) is 30.7 Å². The van der Waals surface area contributed by atoms with Crippen LogP contribution in [0.2, 0.25) is 5.02 Å². The Labute approximate surface area is 172 Å². The first-order valence-electron chi connectivity index (χ1n) is 8.88. The van der Waals surface area contributed by atoms with Crippen LogP contribution in [0.25, 0.3) is 0 Å². The smallest absolute Gasteiger partial charge is 0.329 e. The maximum atomic E-state index is 13.1. The third-order valence-corrected chi connectivity index (χ3v) is 5.48. The van der Waals surface area contributed by atoms with E-state index in [1.807, 2.05) is 0 Å². The molecular weight excluding hydrogens is 396 g/mol. The molecule has 0 aliphatic carbocycles. The molecule has 8 nitrogen and oxygen atoms in total. The molecule has 1 aromatic rings. The molecule has 1 saturated heterocycles. The zero-order valence-corrected chi connectivity index (χ0v) is 16.3. The summed E-state index contributed by atoms with van der Waals surface area (Å²) in [6.45, 7) is 1.67. The number of hydrogen-bond donors (Lipinski definition) is 2. The number of carbonyl (C=O) groups excluding carboxylic acids is 3. The molecule has 150 valence electrons. The Hall–Kier alpha value is -3.31. The van der Waals surface area contributed by atoms with Crippen LogP contribution in [0.5, 0.6) is 0 Å². The van der Waals surface area contributed by atoms with Crippen LogP contribution in [0.3, 0.4) is 0 Å². The Morgan fingerprint density at radius 1 is 1.34 bits per heavy atom. The summed E-state index contributed by atoms with van der Waals surface area (Å²) >= 11 is 6.13. The van der Waals surface area contributed by atoms with Crippen molar-refractivity contribution in [3.8, 4) is 6.07 Å². The Morgan fingerprint density at radius 3 is 2.62 bits per heavy atom. The van der Waals surface area contributed by atoms with E-state index in [9.17, 15) is 19.6 Å². The van der Waals surface area contributed by atoms with E-state index in [1.54, 1.807) is 31.2 Å². The van der Waals surface area contributed by atoms with Gasteiger partial charge in [-0.15, -0.1) is 0 Å². The van der Waals surface area contributed by atoms with E-state index in [-0.39, 0.29) is 12.2 Å². The summed E-state index contributed by atoms with van der Waals surface area (Å²) in [6.07, 6.45) is 4.28. The summed E-state index contributed by atoms with van der Waals surface area (Å²) in [5.74, 6) is -3.25. The molecule has 9 heteroatoms. The van der Waals surface area contributed by atoms with Gasteiger partial charge in [0.1, 0.15) is 6.04 Å². The van der Waals surface area contributed by atoms with Crippen LogP contribution in [-0.4, -0.2) is 41.4 Å². The molecule has 0 unspecified atom stereocenters. The predicted molar refractivity (Wildman–Crippen MR) is 104 cm³/mol. The van der Waals surface area contributed by atoms with Crippen molar-refractivity contribution in [2.75, 3.05) is 6.61 Å². The van der Waals surface area contributed by atoms with Gasteiger partial charge in [0.15, 0.2) is 5.41 Å². The molecule has 0 aromatic heterocycles. The van der Waals surface area contributed by atoms with Crippen LogP contribution in [0.15, 0.2) is 48.2 Å². The molecule has 4 N–H and O–H groups in total. The second-order valence-corrected chi connectivity index (χ2v) is 7.22. The topological polar surface area (TPSA) is 140 Å². The fourth-order valence-corrected chi connectivity index (χ4v) is 4.30. The van der Waals surface area contributed by atoms with Crippen LogP contribution in [0, 0.1) is 16.7 Å². The number of nitrogens with two attached hydrogens (primary N) is 2. The van der Waals surface area contributed by atoms with Crippen LogP contribution < -0.4 is 11.5 Å². The van der Waals surface area contributed by atoms with Crippen molar-refractivity contribution in [1.82, 2.24) is 4.90 Å². The zero-order valence-electron chi connectivity index (χ0n) is 15.5. The van der Waals surface area contributed by atoms with Crippen LogP contribution in [0.1, 0.15) is 18.4 Å². The number of fused-ring (bicyclic) bond motifs is 1. The van der Waals surface area contributed by atoms with Gasteiger partial charge in [0.25, 0.3) is 0 Å². The standard InChI is InChI=1S/C20H19ClN4O4/c1-2-29-19(28)20(10-22)14-7-6-12(17(23)26)9-25(14)16(18(24)27)15(20)11-4-3-5-13(21)8-11/h3-9,14-16H,2H2,1H3,(H2,23,26)(H2,24,27)/t14-,15+,16+,20-/m0/s1. The molecule has 29 heavy (non-hydrogen) atoms. The Kier molecular flexibility index (Phi) is 5.36. The third-order valence-electron chi connectivity index (χ3n) is 5.24. The number of hydrogen-bond acceptors (Lipinski definition) is 6. The number of nitriles is 1. The zero-order chi connectivity index (χ0) is 21.3. The van der Waals surface area contributed by atoms with Crippen molar-refractivity contribution in [3.05, 3.63) is 58.8 Å². The van der Waals surface area contributed by atoms with Crippen molar-refractivity contribution in [2.24, 2.45) is 16.9 Å². The van der Waals surface area contributed by atoms with Crippen LogP contribution in [-0.2, 0) is 19.1 Å². The molecule has 4 atom stereocenters. The van der Waals surface area contributed by atoms with E-state index in [4.69, 9.17) is 27.8 Å². The molecule has 3 rings (SSSR count). The van der Waals surface area contributed by atoms with Gasteiger partial charge in [-0.3, -0.25) is 14.4 Å². The Bertz CT molecular complexity index is 983. The Morgan fingerprint density at radius 2 is 2.07 bits per heavy atom. The third kappa shape index (κ3) is 3.13. The number of ether oxygens (including phenoxy) is 1. The van der Waals surface area contributed by atoms with Gasteiger partial charge < -0.3 is 21.1 Å². The van der Waals surface area contributed by atoms with E-state index in [0.717, 1.165) is 0 Å². The molecule has 0 spiro atoms. The monoisotopic (exact) mass is 414 g/mol. The summed E-state index contributed by atoms with van der Waals surface area (Å²) in [4.78, 5) is 38.7. The minimum Gasteiger partial charge on any atom is -0.465 e. The fourth-order valence-electron chi connectivity index (χ4n) is 4.11.